The highest BCUT2D eigenvalue weighted by molar-refractivity contribution is 7.86. The molecule has 7 nitrogen and oxygen atoms in total. The number of rotatable bonds is 14. The topological polar surface area (TPSA) is 146 Å². The van der Waals surface area contributed by atoms with Crippen LogP contribution in [0.25, 0.3) is 0 Å². The molecule has 0 saturated heterocycles. The predicted molar refractivity (Wildman–Crippen MR) is 230 cm³/mol. The largest absolute Gasteiger partial charge is 0.393 e. The Kier molecular flexibility index (Phi) is 17.4. The maximum absolute atomic E-state index is 12.4. The molecule has 2 unspecified atom stereocenters. The molecular formula is C45H45N3O4S3. The van der Waals surface area contributed by atoms with Gasteiger partial charge in [0.2, 0.25) is 11.8 Å². The van der Waals surface area contributed by atoms with E-state index in [0.29, 0.717) is 11.4 Å². The molecule has 2 atom stereocenters. The van der Waals surface area contributed by atoms with E-state index in [1.165, 1.54) is 11.1 Å². The van der Waals surface area contributed by atoms with Gasteiger partial charge >= 0.3 is 0 Å². The fourth-order valence-corrected chi connectivity index (χ4v) is 8.85. The lowest BCUT2D eigenvalue weighted by atomic mass is 9.89. The number of hydrogen-bond donors (Lipinski definition) is 3. The zero-order valence-corrected chi connectivity index (χ0v) is 32.7. The van der Waals surface area contributed by atoms with Gasteiger partial charge < -0.3 is 17.2 Å². The van der Waals surface area contributed by atoms with Gasteiger partial charge in [-0.05, 0) is 33.4 Å². The van der Waals surface area contributed by atoms with Gasteiger partial charge in [-0.15, -0.1) is 0 Å². The second-order valence-corrected chi connectivity index (χ2v) is 16.0. The number of benzene rings is 6. The zero-order chi connectivity index (χ0) is 39.4. The average molecular weight is 788 g/mol. The molecule has 0 aliphatic heterocycles. The summed E-state index contributed by atoms with van der Waals surface area (Å²) in [4.78, 5) is 22.6. The number of nitrogens with two attached hydrogens (primary N) is 3. The molecule has 6 aromatic carbocycles. The summed E-state index contributed by atoms with van der Waals surface area (Å²) in [6.45, 7) is 0. The van der Waals surface area contributed by atoms with Crippen molar-refractivity contribution in [3.05, 3.63) is 215 Å². The highest BCUT2D eigenvalue weighted by atomic mass is 32.2. The third kappa shape index (κ3) is 14.0. The molecule has 0 aliphatic carbocycles. The monoisotopic (exact) mass is 787 g/mol. The van der Waals surface area contributed by atoms with Crippen LogP contribution in [-0.4, -0.2) is 36.7 Å². The van der Waals surface area contributed by atoms with Gasteiger partial charge in [0.15, 0.2) is 0 Å². The molecule has 282 valence electrons. The number of primary amides is 2. The average Bonchev–Trinajstić information content (AvgIpc) is 3.19. The van der Waals surface area contributed by atoms with Gasteiger partial charge in [-0.2, -0.15) is 0 Å². The molecule has 0 heterocycles. The van der Waals surface area contributed by atoms with Gasteiger partial charge in [0.05, 0.1) is 15.5 Å². The molecule has 0 aromatic heterocycles. The molecule has 0 aliphatic rings. The Hall–Kier alpha value is -5.55. The summed E-state index contributed by atoms with van der Waals surface area (Å²) >= 11 is 5.05. The van der Waals surface area contributed by atoms with Crippen molar-refractivity contribution in [2.45, 2.75) is 22.8 Å². The normalized spacial score (nSPS) is 11.7. The molecule has 0 bridgehead atoms. The maximum Gasteiger partial charge on any atom is 0.230 e. The van der Waals surface area contributed by atoms with E-state index in [0.717, 1.165) is 22.3 Å². The van der Waals surface area contributed by atoms with E-state index in [1.807, 2.05) is 158 Å². The smallest absolute Gasteiger partial charge is 0.230 e. The van der Waals surface area contributed by atoms with Crippen LogP contribution in [0, 0.1) is 0 Å². The Labute approximate surface area is 333 Å². The molecule has 2 amide bonds. The molecule has 0 fully saturated rings. The van der Waals surface area contributed by atoms with Crippen LogP contribution in [0.3, 0.4) is 0 Å². The summed E-state index contributed by atoms with van der Waals surface area (Å²) in [6, 6.07) is 58.8. The zero-order valence-electron chi connectivity index (χ0n) is 30.3. The summed E-state index contributed by atoms with van der Waals surface area (Å²) in [7, 11) is -2.73. The lowest BCUT2D eigenvalue weighted by Crippen LogP contribution is -2.23. The van der Waals surface area contributed by atoms with E-state index in [-0.39, 0.29) is 27.9 Å². The van der Waals surface area contributed by atoms with Crippen LogP contribution < -0.4 is 17.2 Å². The lowest BCUT2D eigenvalue weighted by Gasteiger charge is -2.17. The first-order chi connectivity index (χ1) is 26.6. The van der Waals surface area contributed by atoms with Crippen molar-refractivity contribution in [3.8, 4) is 0 Å². The number of thiocarbonyl (C=S) groups is 1. The highest BCUT2D eigenvalue weighted by Crippen LogP contribution is 2.30. The summed E-state index contributed by atoms with van der Waals surface area (Å²) in [6.07, 6.45) is 0.712. The molecule has 0 saturated carbocycles. The van der Waals surface area contributed by atoms with Crippen LogP contribution in [0.5, 0.6) is 0 Å². The van der Waals surface area contributed by atoms with Gasteiger partial charge in [0.25, 0.3) is 0 Å². The quantitative estimate of drug-likeness (QED) is 0.0975. The minimum atomic E-state index is -1.36. The van der Waals surface area contributed by atoms with Crippen molar-refractivity contribution >= 4 is 50.6 Å². The van der Waals surface area contributed by atoms with Crippen LogP contribution in [0.1, 0.15) is 56.2 Å². The second-order valence-electron chi connectivity index (χ2n) is 12.4. The van der Waals surface area contributed by atoms with E-state index in [2.05, 4.69) is 24.3 Å². The minimum Gasteiger partial charge on any atom is -0.393 e. The van der Waals surface area contributed by atoms with Crippen molar-refractivity contribution in [2.75, 3.05) is 11.5 Å². The number of carbonyl (C=O) groups excluding carboxylic acids is 2. The van der Waals surface area contributed by atoms with Crippen molar-refractivity contribution < 1.29 is 18.0 Å². The Morgan fingerprint density at radius 3 is 0.836 bits per heavy atom. The SMILES string of the molecule is NC(=O)CS(=O)C(c1ccccc1)c1ccccc1.NC(=O)CS(=O)C(c1ccccc1)c1ccccc1.NC(=S)CC(c1ccccc1)c1ccccc1. The molecule has 6 rings (SSSR count). The van der Waals surface area contributed by atoms with Gasteiger partial charge in [-0.1, -0.05) is 194 Å². The summed E-state index contributed by atoms with van der Waals surface area (Å²) in [5, 5.41) is -0.648. The first kappa shape index (κ1) is 42.2. The van der Waals surface area contributed by atoms with Gasteiger partial charge in [-0.25, -0.2) is 0 Å². The number of carbonyl (C=O) groups is 2. The van der Waals surface area contributed by atoms with Gasteiger partial charge in [0, 0.05) is 33.9 Å². The Morgan fingerprint density at radius 2 is 0.636 bits per heavy atom. The maximum atomic E-state index is 12.4. The molecular weight excluding hydrogens is 743 g/mol. The summed E-state index contributed by atoms with van der Waals surface area (Å²) in [5.41, 5.74) is 22.2. The van der Waals surface area contributed by atoms with Crippen LogP contribution >= 0.6 is 12.2 Å². The van der Waals surface area contributed by atoms with Crippen LogP contribution in [0.4, 0.5) is 0 Å². The van der Waals surface area contributed by atoms with E-state index in [1.54, 1.807) is 0 Å². The number of amides is 2. The number of hydrogen-bond acceptors (Lipinski definition) is 5. The second kappa shape index (κ2) is 22.6. The Balaban J connectivity index is 0.000000184. The van der Waals surface area contributed by atoms with Crippen molar-refractivity contribution in [1.29, 1.82) is 0 Å². The van der Waals surface area contributed by atoms with Crippen molar-refractivity contribution in [2.24, 2.45) is 17.2 Å². The summed E-state index contributed by atoms with van der Waals surface area (Å²) in [5.74, 6) is -1.09. The minimum absolute atomic E-state index is 0.131. The molecule has 6 N–H and O–H groups in total. The lowest BCUT2D eigenvalue weighted by molar-refractivity contribution is -0.116. The Morgan fingerprint density at radius 1 is 0.418 bits per heavy atom. The van der Waals surface area contributed by atoms with Gasteiger partial charge in [0.1, 0.15) is 11.5 Å². The van der Waals surface area contributed by atoms with E-state index >= 15 is 0 Å². The fraction of sp³-hybridized carbons (Fsp3) is 0.133. The highest BCUT2D eigenvalue weighted by Gasteiger charge is 2.23. The molecule has 55 heavy (non-hydrogen) atoms. The summed E-state index contributed by atoms with van der Waals surface area (Å²) < 4.78 is 24.7. The first-order valence-electron chi connectivity index (χ1n) is 17.5. The first-order valence-corrected chi connectivity index (χ1v) is 20.7. The Bertz CT molecular complexity index is 1880. The third-order valence-corrected chi connectivity index (χ3v) is 11.8. The molecule has 6 aromatic rings. The fourth-order valence-electron chi connectivity index (χ4n) is 5.95. The molecule has 10 heteroatoms. The molecule has 0 radical (unpaired) electrons. The van der Waals surface area contributed by atoms with Crippen molar-refractivity contribution in [3.63, 3.8) is 0 Å². The van der Waals surface area contributed by atoms with E-state index in [4.69, 9.17) is 29.4 Å². The predicted octanol–water partition coefficient (Wildman–Crippen LogP) is 7.51. The van der Waals surface area contributed by atoms with Gasteiger partial charge in [-0.3, -0.25) is 18.0 Å². The van der Waals surface area contributed by atoms with E-state index in [9.17, 15) is 18.0 Å². The molecule has 0 spiro atoms. The van der Waals surface area contributed by atoms with Crippen molar-refractivity contribution in [1.82, 2.24) is 0 Å². The standard InChI is InChI=1S/2C15H15NO2S.C15H15NS/c2*16-14(17)11-19(18)15(12-7-3-1-4-8-12)13-9-5-2-6-10-13;16-15(17)11-14(12-7-3-1-4-8-12)13-9-5-2-6-10-13/h2*1-10,15H,11H2,(H2,16,17);1-10,14H,11H2,(H2,16,17). The van der Waals surface area contributed by atoms with Crippen LogP contribution in [-0.2, 0) is 31.2 Å². The van der Waals surface area contributed by atoms with E-state index < -0.39 is 33.4 Å². The van der Waals surface area contributed by atoms with Crippen LogP contribution in [0.15, 0.2) is 182 Å². The van der Waals surface area contributed by atoms with Crippen LogP contribution in [0.2, 0.25) is 0 Å². The third-order valence-electron chi connectivity index (χ3n) is 8.31.